The summed E-state index contributed by atoms with van der Waals surface area (Å²) in [6.45, 7) is 5.84. The highest BCUT2D eigenvalue weighted by atomic mass is 19.2. The van der Waals surface area contributed by atoms with Crippen molar-refractivity contribution in [3.05, 3.63) is 59.3 Å². The van der Waals surface area contributed by atoms with Gasteiger partial charge >= 0.3 is 5.97 Å². The maximum absolute atomic E-state index is 13.7. The summed E-state index contributed by atoms with van der Waals surface area (Å²) in [5, 5.41) is 4.45. The molecule has 6 heteroatoms. The van der Waals surface area contributed by atoms with Crippen molar-refractivity contribution in [3.8, 4) is 11.3 Å². The molecule has 0 radical (unpaired) electrons. The predicted octanol–water partition coefficient (Wildman–Crippen LogP) is 4.58. The summed E-state index contributed by atoms with van der Waals surface area (Å²) in [5.41, 5.74) is 2.42. The van der Waals surface area contributed by atoms with Gasteiger partial charge in [0.1, 0.15) is 5.69 Å². The summed E-state index contributed by atoms with van der Waals surface area (Å²) >= 11 is 0. The van der Waals surface area contributed by atoms with Crippen molar-refractivity contribution < 1.29 is 18.3 Å². The van der Waals surface area contributed by atoms with Crippen LogP contribution in [0.5, 0.6) is 0 Å². The fraction of sp³-hybridized carbons (Fsp3) is 0.263. The number of hydrogen-bond acceptors (Lipinski definition) is 3. The smallest absolute Gasteiger partial charge is 0.340 e. The Kier molecular flexibility index (Phi) is 4.53. The average Bonchev–Trinajstić information content (AvgIpc) is 3.03. The standard InChI is InChI=1S/C19H18F2N2O2/c1-4-25-19(24)17-16(11(2)3)15-6-5-9-23(15)22-18(17)12-7-8-13(20)14(21)10-12/h5-11H,4H2,1-3H3. The van der Waals surface area contributed by atoms with Crippen LogP contribution in [-0.4, -0.2) is 22.2 Å². The van der Waals surface area contributed by atoms with E-state index in [1.54, 1.807) is 17.6 Å². The Morgan fingerprint density at radius 1 is 1.24 bits per heavy atom. The second kappa shape index (κ2) is 6.63. The zero-order chi connectivity index (χ0) is 18.1. The lowest BCUT2D eigenvalue weighted by Crippen LogP contribution is -2.15. The molecular weight excluding hydrogens is 326 g/mol. The first-order chi connectivity index (χ1) is 11.9. The normalized spacial score (nSPS) is 11.3. The second-order valence-electron chi connectivity index (χ2n) is 5.98. The lowest BCUT2D eigenvalue weighted by Gasteiger charge is -2.17. The van der Waals surface area contributed by atoms with Gasteiger partial charge in [0.25, 0.3) is 0 Å². The van der Waals surface area contributed by atoms with Crippen molar-refractivity contribution in [2.75, 3.05) is 6.61 Å². The molecule has 3 aromatic rings. The Morgan fingerprint density at radius 3 is 2.64 bits per heavy atom. The Balaban J connectivity index is 2.37. The average molecular weight is 344 g/mol. The highest BCUT2D eigenvalue weighted by molar-refractivity contribution is 5.99. The number of carbonyl (C=O) groups excluding carboxylic acids is 1. The summed E-state index contributed by atoms with van der Waals surface area (Å²) in [6.07, 6.45) is 1.75. The molecule has 2 aromatic heterocycles. The summed E-state index contributed by atoms with van der Waals surface area (Å²) in [7, 11) is 0. The van der Waals surface area contributed by atoms with Gasteiger partial charge in [-0.25, -0.2) is 18.1 Å². The number of fused-ring (bicyclic) bond motifs is 1. The van der Waals surface area contributed by atoms with E-state index >= 15 is 0 Å². The summed E-state index contributed by atoms with van der Waals surface area (Å²) in [5.74, 6) is -2.47. The fourth-order valence-electron chi connectivity index (χ4n) is 2.93. The van der Waals surface area contributed by atoms with Crippen LogP contribution in [0.3, 0.4) is 0 Å². The number of benzene rings is 1. The molecule has 0 amide bonds. The number of carbonyl (C=O) groups is 1. The van der Waals surface area contributed by atoms with Crippen LogP contribution in [0.15, 0.2) is 36.5 Å². The zero-order valence-electron chi connectivity index (χ0n) is 14.2. The van der Waals surface area contributed by atoms with Crippen LogP contribution < -0.4 is 0 Å². The molecule has 0 fully saturated rings. The highest BCUT2D eigenvalue weighted by Gasteiger charge is 2.25. The van der Waals surface area contributed by atoms with E-state index in [0.717, 1.165) is 23.2 Å². The van der Waals surface area contributed by atoms with Gasteiger partial charge in [0.05, 0.1) is 17.7 Å². The van der Waals surface area contributed by atoms with Gasteiger partial charge in [-0.2, -0.15) is 5.10 Å². The summed E-state index contributed by atoms with van der Waals surface area (Å²) < 4.78 is 33.9. The third-order valence-electron chi connectivity index (χ3n) is 3.97. The number of nitrogens with zero attached hydrogens (tertiary/aromatic N) is 2. The molecule has 2 heterocycles. The van der Waals surface area contributed by atoms with Crippen molar-refractivity contribution >= 4 is 11.5 Å². The van der Waals surface area contributed by atoms with Crippen LogP contribution in [0.25, 0.3) is 16.8 Å². The minimum atomic E-state index is -0.993. The van der Waals surface area contributed by atoms with E-state index in [1.807, 2.05) is 26.0 Å². The van der Waals surface area contributed by atoms with Gasteiger partial charge in [0.15, 0.2) is 11.6 Å². The van der Waals surface area contributed by atoms with E-state index < -0.39 is 17.6 Å². The van der Waals surface area contributed by atoms with Crippen molar-refractivity contribution in [3.63, 3.8) is 0 Å². The first-order valence-corrected chi connectivity index (χ1v) is 8.07. The molecule has 130 valence electrons. The number of esters is 1. The Bertz CT molecular complexity index is 948. The molecule has 4 nitrogen and oxygen atoms in total. The predicted molar refractivity (Wildman–Crippen MR) is 90.6 cm³/mol. The van der Waals surface area contributed by atoms with E-state index in [1.165, 1.54) is 6.07 Å². The first-order valence-electron chi connectivity index (χ1n) is 8.07. The van der Waals surface area contributed by atoms with Gasteiger partial charge in [0, 0.05) is 11.8 Å². The van der Waals surface area contributed by atoms with Gasteiger partial charge in [0.2, 0.25) is 0 Å². The number of hydrogen-bond donors (Lipinski definition) is 0. The topological polar surface area (TPSA) is 43.6 Å². The molecule has 0 bridgehead atoms. The molecular formula is C19H18F2N2O2. The lowest BCUT2D eigenvalue weighted by atomic mass is 9.93. The molecule has 3 rings (SSSR count). The van der Waals surface area contributed by atoms with Crippen LogP contribution >= 0.6 is 0 Å². The molecule has 0 spiro atoms. The quantitative estimate of drug-likeness (QED) is 0.651. The molecule has 25 heavy (non-hydrogen) atoms. The zero-order valence-corrected chi connectivity index (χ0v) is 14.2. The van der Waals surface area contributed by atoms with Crippen molar-refractivity contribution in [1.82, 2.24) is 9.61 Å². The van der Waals surface area contributed by atoms with Gasteiger partial charge in [-0.05, 0) is 48.7 Å². The number of aromatic nitrogens is 2. The van der Waals surface area contributed by atoms with Crippen LogP contribution in [-0.2, 0) is 4.74 Å². The van der Waals surface area contributed by atoms with Crippen LogP contribution in [0, 0.1) is 11.6 Å². The fourth-order valence-corrected chi connectivity index (χ4v) is 2.93. The van der Waals surface area contributed by atoms with Crippen LogP contribution in [0.2, 0.25) is 0 Å². The molecule has 1 aromatic carbocycles. The third-order valence-corrected chi connectivity index (χ3v) is 3.97. The van der Waals surface area contributed by atoms with Gasteiger partial charge in [-0.15, -0.1) is 0 Å². The molecule has 0 atom stereocenters. The largest absolute Gasteiger partial charge is 0.462 e. The minimum absolute atomic E-state index is 0.00357. The van der Waals surface area contributed by atoms with Gasteiger partial charge in [-0.3, -0.25) is 0 Å². The molecule has 0 aliphatic rings. The number of rotatable bonds is 4. The molecule has 0 N–H and O–H groups in total. The Labute approximate surface area is 144 Å². The second-order valence-corrected chi connectivity index (χ2v) is 5.98. The molecule has 0 saturated heterocycles. The summed E-state index contributed by atoms with van der Waals surface area (Å²) in [6, 6.07) is 7.15. The maximum Gasteiger partial charge on any atom is 0.340 e. The molecule has 0 aliphatic carbocycles. The van der Waals surface area contributed by atoms with Gasteiger partial charge in [-0.1, -0.05) is 13.8 Å². The Hall–Kier alpha value is -2.76. The lowest BCUT2D eigenvalue weighted by molar-refractivity contribution is 0.0525. The van der Waals surface area contributed by atoms with E-state index in [4.69, 9.17) is 4.74 Å². The van der Waals surface area contributed by atoms with Crippen molar-refractivity contribution in [2.24, 2.45) is 0 Å². The number of ether oxygens (including phenoxy) is 1. The van der Waals surface area contributed by atoms with E-state index in [9.17, 15) is 13.6 Å². The highest BCUT2D eigenvalue weighted by Crippen LogP contribution is 2.33. The van der Waals surface area contributed by atoms with Gasteiger partial charge < -0.3 is 4.74 Å². The van der Waals surface area contributed by atoms with E-state index in [2.05, 4.69) is 5.10 Å². The monoisotopic (exact) mass is 344 g/mol. The number of halogens is 2. The van der Waals surface area contributed by atoms with Crippen LogP contribution in [0.1, 0.15) is 42.6 Å². The Morgan fingerprint density at radius 2 is 2.00 bits per heavy atom. The molecule has 0 aliphatic heterocycles. The van der Waals surface area contributed by atoms with E-state index in [0.29, 0.717) is 5.56 Å². The summed E-state index contributed by atoms with van der Waals surface area (Å²) in [4.78, 5) is 12.6. The van der Waals surface area contributed by atoms with Crippen molar-refractivity contribution in [1.29, 1.82) is 0 Å². The minimum Gasteiger partial charge on any atom is -0.462 e. The van der Waals surface area contributed by atoms with Crippen molar-refractivity contribution in [2.45, 2.75) is 26.7 Å². The molecule has 0 unspecified atom stereocenters. The third kappa shape index (κ3) is 2.99. The SMILES string of the molecule is CCOC(=O)c1c(-c2ccc(F)c(F)c2)nn2cccc2c1C(C)C. The molecule has 0 saturated carbocycles. The first kappa shape index (κ1) is 17.1. The van der Waals surface area contributed by atoms with Crippen LogP contribution in [0.4, 0.5) is 8.78 Å². The maximum atomic E-state index is 13.7. The van der Waals surface area contributed by atoms with E-state index in [-0.39, 0.29) is 23.8 Å².